The molecule has 1 aromatic rings. The Morgan fingerprint density at radius 1 is 1.05 bits per heavy atom. The number of fused-ring (bicyclic) bond motifs is 1. The monoisotopic (exact) mass is 288 g/mol. The van der Waals surface area contributed by atoms with Crippen molar-refractivity contribution in [3.63, 3.8) is 0 Å². The molecule has 2 saturated heterocycles. The van der Waals surface area contributed by atoms with Crippen LogP contribution < -0.4 is 4.74 Å². The molecule has 0 N–H and O–H groups in total. The number of ether oxygens (including phenoxy) is 1. The first-order valence-electron chi connectivity index (χ1n) is 8.40. The average Bonchev–Trinajstić information content (AvgIpc) is 2.76. The summed E-state index contributed by atoms with van der Waals surface area (Å²) in [5, 5.41) is 0. The topological polar surface area (TPSA) is 15.7 Å². The second-order valence-corrected chi connectivity index (χ2v) is 6.48. The highest BCUT2D eigenvalue weighted by molar-refractivity contribution is 5.28. The number of hydrogen-bond donors (Lipinski definition) is 0. The van der Waals surface area contributed by atoms with Crippen molar-refractivity contribution in [2.24, 2.45) is 0 Å². The predicted octanol–water partition coefficient (Wildman–Crippen LogP) is 3.32. The quantitative estimate of drug-likeness (QED) is 0.848. The number of nitrogens with zero attached hydrogens (tertiary/aromatic N) is 2. The van der Waals surface area contributed by atoms with Gasteiger partial charge in [-0.2, -0.15) is 0 Å². The smallest absolute Gasteiger partial charge is 0.118 e. The van der Waals surface area contributed by atoms with Crippen LogP contribution >= 0.6 is 0 Å². The van der Waals surface area contributed by atoms with Crippen LogP contribution in [0.2, 0.25) is 0 Å². The predicted molar refractivity (Wildman–Crippen MR) is 86.8 cm³/mol. The zero-order chi connectivity index (χ0) is 14.7. The molecule has 0 aliphatic carbocycles. The van der Waals surface area contributed by atoms with Crippen LogP contribution in [0.25, 0.3) is 0 Å². The zero-order valence-corrected chi connectivity index (χ0v) is 13.4. The fourth-order valence-corrected chi connectivity index (χ4v) is 3.85. The van der Waals surface area contributed by atoms with Gasteiger partial charge in [0.2, 0.25) is 0 Å². The molecule has 3 rings (SSSR count). The second-order valence-electron chi connectivity index (χ2n) is 6.48. The van der Waals surface area contributed by atoms with Crippen LogP contribution in [0.1, 0.15) is 44.2 Å². The number of piperidine rings is 1. The summed E-state index contributed by atoms with van der Waals surface area (Å²) in [4.78, 5) is 5.40. The van der Waals surface area contributed by atoms with E-state index >= 15 is 0 Å². The van der Waals surface area contributed by atoms with E-state index in [9.17, 15) is 0 Å². The van der Waals surface area contributed by atoms with E-state index in [1.54, 1.807) is 7.11 Å². The minimum Gasteiger partial charge on any atom is -0.497 e. The minimum atomic E-state index is 0.498. The molecule has 0 bridgehead atoms. The number of hydrogen-bond acceptors (Lipinski definition) is 3. The lowest BCUT2D eigenvalue weighted by molar-refractivity contribution is 0.123. The van der Waals surface area contributed by atoms with Crippen LogP contribution in [0.4, 0.5) is 0 Å². The summed E-state index contributed by atoms with van der Waals surface area (Å²) >= 11 is 0. The van der Waals surface area contributed by atoms with Crippen LogP contribution in [0.15, 0.2) is 24.3 Å². The molecule has 2 heterocycles. The van der Waals surface area contributed by atoms with Gasteiger partial charge in [-0.05, 0) is 57.0 Å². The first-order valence-corrected chi connectivity index (χ1v) is 8.40. The van der Waals surface area contributed by atoms with E-state index in [0.29, 0.717) is 6.04 Å². The molecule has 21 heavy (non-hydrogen) atoms. The van der Waals surface area contributed by atoms with E-state index in [1.807, 2.05) is 0 Å². The average molecular weight is 288 g/mol. The van der Waals surface area contributed by atoms with Gasteiger partial charge in [-0.15, -0.1) is 0 Å². The van der Waals surface area contributed by atoms with Crippen molar-refractivity contribution in [1.29, 1.82) is 0 Å². The molecule has 2 unspecified atom stereocenters. The molecule has 0 saturated carbocycles. The molecule has 0 spiro atoms. The SMILES string of the molecule is COc1ccc(C(C)N2CCCN3CCCCC3C2)cc1. The standard InChI is InChI=1S/C18H28N2O/c1-15(16-7-9-18(21-2)10-8-16)20-13-5-12-19-11-4-3-6-17(19)14-20/h7-10,15,17H,3-6,11-14H2,1-2H3. The Bertz CT molecular complexity index is 445. The molecule has 3 nitrogen and oxygen atoms in total. The Balaban J connectivity index is 1.69. The van der Waals surface area contributed by atoms with Gasteiger partial charge in [0.05, 0.1) is 7.11 Å². The van der Waals surface area contributed by atoms with Crippen molar-refractivity contribution < 1.29 is 4.74 Å². The first kappa shape index (κ1) is 14.9. The Hall–Kier alpha value is -1.06. The van der Waals surface area contributed by atoms with Crippen molar-refractivity contribution in [2.75, 3.05) is 33.3 Å². The zero-order valence-electron chi connectivity index (χ0n) is 13.4. The van der Waals surface area contributed by atoms with Crippen LogP contribution in [0, 0.1) is 0 Å². The van der Waals surface area contributed by atoms with Gasteiger partial charge in [0.15, 0.2) is 0 Å². The Morgan fingerprint density at radius 3 is 2.57 bits per heavy atom. The molecule has 3 heteroatoms. The molecule has 0 radical (unpaired) electrons. The largest absolute Gasteiger partial charge is 0.497 e. The molecule has 2 fully saturated rings. The van der Waals surface area contributed by atoms with Crippen molar-refractivity contribution in [3.05, 3.63) is 29.8 Å². The summed E-state index contributed by atoms with van der Waals surface area (Å²) in [5.74, 6) is 0.945. The molecule has 2 aliphatic heterocycles. The molecule has 0 aromatic heterocycles. The van der Waals surface area contributed by atoms with Gasteiger partial charge in [-0.3, -0.25) is 9.80 Å². The lowest BCUT2D eigenvalue weighted by Crippen LogP contribution is -2.44. The van der Waals surface area contributed by atoms with E-state index in [-0.39, 0.29) is 0 Å². The van der Waals surface area contributed by atoms with E-state index in [2.05, 4.69) is 41.0 Å². The lowest BCUT2D eigenvalue weighted by Gasteiger charge is -2.37. The maximum atomic E-state index is 5.26. The summed E-state index contributed by atoms with van der Waals surface area (Å²) in [7, 11) is 1.73. The first-order chi connectivity index (χ1) is 10.3. The molecule has 2 atom stereocenters. The van der Waals surface area contributed by atoms with Crippen molar-refractivity contribution in [1.82, 2.24) is 9.80 Å². The highest BCUT2D eigenvalue weighted by Crippen LogP contribution is 2.27. The summed E-state index contributed by atoms with van der Waals surface area (Å²) in [6.45, 7) is 7.40. The minimum absolute atomic E-state index is 0.498. The van der Waals surface area contributed by atoms with Crippen molar-refractivity contribution in [3.8, 4) is 5.75 Å². The Labute approximate surface area is 128 Å². The highest BCUT2D eigenvalue weighted by atomic mass is 16.5. The lowest BCUT2D eigenvalue weighted by atomic mass is 10.0. The van der Waals surface area contributed by atoms with Gasteiger partial charge in [-0.25, -0.2) is 0 Å². The van der Waals surface area contributed by atoms with E-state index < -0.39 is 0 Å². The maximum absolute atomic E-state index is 5.26. The molecule has 2 aliphatic rings. The summed E-state index contributed by atoms with van der Waals surface area (Å²) in [6, 6.07) is 9.87. The molecule has 116 valence electrons. The molecule has 0 amide bonds. The molecular formula is C18H28N2O. The third kappa shape index (κ3) is 3.41. The Kier molecular flexibility index (Phi) is 4.81. The van der Waals surface area contributed by atoms with Crippen molar-refractivity contribution >= 4 is 0 Å². The normalized spacial score (nSPS) is 25.9. The van der Waals surface area contributed by atoms with Crippen LogP contribution in [0.3, 0.4) is 0 Å². The van der Waals surface area contributed by atoms with Crippen molar-refractivity contribution in [2.45, 2.75) is 44.7 Å². The third-order valence-electron chi connectivity index (χ3n) is 5.23. The molecular weight excluding hydrogens is 260 g/mol. The van der Waals surface area contributed by atoms with Gasteiger partial charge >= 0.3 is 0 Å². The fourth-order valence-electron chi connectivity index (χ4n) is 3.85. The summed E-state index contributed by atoms with van der Waals surface area (Å²) < 4.78 is 5.26. The Morgan fingerprint density at radius 2 is 1.81 bits per heavy atom. The van der Waals surface area contributed by atoms with E-state index in [4.69, 9.17) is 4.74 Å². The summed E-state index contributed by atoms with van der Waals surface area (Å²) in [5.41, 5.74) is 1.40. The molecule has 1 aromatic carbocycles. The number of methoxy groups -OCH3 is 1. The van der Waals surface area contributed by atoms with E-state index in [0.717, 1.165) is 11.8 Å². The van der Waals surface area contributed by atoms with Crippen LogP contribution in [-0.2, 0) is 0 Å². The fraction of sp³-hybridized carbons (Fsp3) is 0.667. The van der Waals surface area contributed by atoms with Gasteiger partial charge in [0.25, 0.3) is 0 Å². The number of rotatable bonds is 3. The van der Waals surface area contributed by atoms with Gasteiger partial charge < -0.3 is 4.74 Å². The van der Waals surface area contributed by atoms with Crippen LogP contribution in [0.5, 0.6) is 5.75 Å². The van der Waals surface area contributed by atoms with Crippen LogP contribution in [-0.4, -0.2) is 49.1 Å². The van der Waals surface area contributed by atoms with Gasteiger partial charge in [0.1, 0.15) is 5.75 Å². The van der Waals surface area contributed by atoms with Gasteiger partial charge in [0, 0.05) is 25.2 Å². The van der Waals surface area contributed by atoms with E-state index in [1.165, 1.54) is 57.4 Å². The third-order valence-corrected chi connectivity index (χ3v) is 5.23. The maximum Gasteiger partial charge on any atom is 0.118 e. The van der Waals surface area contributed by atoms with Gasteiger partial charge in [-0.1, -0.05) is 18.6 Å². The number of benzene rings is 1. The highest BCUT2D eigenvalue weighted by Gasteiger charge is 2.29. The second kappa shape index (κ2) is 6.80. The summed E-state index contributed by atoms with van der Waals surface area (Å²) in [6.07, 6.45) is 5.49.